The van der Waals surface area contributed by atoms with E-state index in [1.54, 1.807) is 20.8 Å². The Morgan fingerprint density at radius 2 is 1.82 bits per heavy atom. The SMILES string of the molecule is CC[NH+](CC(C)(C)O)C(C)=O.COS(=O)(=O)[O-]. The number of hydrogen-bond donors (Lipinski definition) is 2. The van der Waals surface area contributed by atoms with Gasteiger partial charge in [-0.05, 0) is 20.8 Å². The number of carbonyl (C=O) groups excluding carboxylic acids is 1. The van der Waals surface area contributed by atoms with E-state index in [1.807, 2.05) is 6.92 Å². The van der Waals surface area contributed by atoms with Crippen LogP contribution in [0.15, 0.2) is 0 Å². The van der Waals surface area contributed by atoms with Gasteiger partial charge in [-0.25, -0.2) is 13.2 Å². The zero-order valence-corrected chi connectivity index (χ0v) is 11.6. The van der Waals surface area contributed by atoms with Gasteiger partial charge in [0.1, 0.15) is 12.1 Å². The Hall–Kier alpha value is -0.540. The van der Waals surface area contributed by atoms with Crippen LogP contribution in [0, 0.1) is 0 Å². The maximum absolute atomic E-state index is 10.9. The van der Waals surface area contributed by atoms with E-state index < -0.39 is 16.0 Å². The number of aliphatic hydroxyl groups is 1. The minimum absolute atomic E-state index is 0.0922. The predicted molar refractivity (Wildman–Crippen MR) is 60.1 cm³/mol. The molecule has 1 amide bonds. The summed E-state index contributed by atoms with van der Waals surface area (Å²) < 4.78 is 31.0. The molecule has 0 aromatic heterocycles. The van der Waals surface area contributed by atoms with Crippen LogP contribution in [0.1, 0.15) is 27.7 Å². The van der Waals surface area contributed by atoms with Crippen molar-refractivity contribution in [1.82, 2.24) is 0 Å². The molecule has 0 saturated carbocycles. The third-order valence-electron chi connectivity index (χ3n) is 1.77. The fourth-order valence-corrected chi connectivity index (χ4v) is 1.02. The zero-order valence-electron chi connectivity index (χ0n) is 10.8. The molecule has 17 heavy (non-hydrogen) atoms. The molecule has 1 unspecified atom stereocenters. The van der Waals surface area contributed by atoms with Crippen molar-refractivity contribution in [1.29, 1.82) is 0 Å². The first-order chi connectivity index (χ1) is 7.43. The molecular formula is C9H21NO6S. The normalized spacial score (nSPS) is 13.6. The van der Waals surface area contributed by atoms with E-state index in [0.717, 1.165) is 18.6 Å². The van der Waals surface area contributed by atoms with Gasteiger partial charge in [0.05, 0.1) is 20.6 Å². The van der Waals surface area contributed by atoms with Gasteiger partial charge in [0.15, 0.2) is 0 Å². The molecule has 0 rings (SSSR count). The monoisotopic (exact) mass is 271 g/mol. The highest BCUT2D eigenvalue weighted by atomic mass is 32.3. The fraction of sp³-hybridized carbons (Fsp3) is 0.889. The largest absolute Gasteiger partial charge is 0.726 e. The van der Waals surface area contributed by atoms with Gasteiger partial charge in [-0.3, -0.25) is 9.08 Å². The molecule has 0 aromatic rings. The molecule has 0 heterocycles. The number of quaternary nitrogens is 1. The van der Waals surface area contributed by atoms with Crippen LogP contribution in [0.25, 0.3) is 0 Å². The van der Waals surface area contributed by atoms with Crippen molar-refractivity contribution < 1.29 is 32.0 Å². The van der Waals surface area contributed by atoms with Gasteiger partial charge in [0.2, 0.25) is 10.4 Å². The zero-order chi connectivity index (χ0) is 14.3. The molecule has 0 spiro atoms. The van der Waals surface area contributed by atoms with E-state index in [0.29, 0.717) is 6.54 Å². The average molecular weight is 271 g/mol. The highest BCUT2D eigenvalue weighted by Gasteiger charge is 2.22. The lowest BCUT2D eigenvalue weighted by Crippen LogP contribution is -3.15. The molecular weight excluding hydrogens is 250 g/mol. The second-order valence-electron chi connectivity index (χ2n) is 4.08. The maximum atomic E-state index is 10.9. The molecule has 0 bridgehead atoms. The molecule has 7 nitrogen and oxygen atoms in total. The van der Waals surface area contributed by atoms with Gasteiger partial charge in [0.25, 0.3) is 0 Å². The maximum Gasteiger partial charge on any atom is 0.309 e. The number of nitrogens with one attached hydrogen (secondary N) is 1. The first kappa shape index (κ1) is 18.8. The number of likely N-dealkylation sites (N-methyl/N-ethyl adjacent to an activating group) is 1. The molecule has 0 aliphatic carbocycles. The fourth-order valence-electron chi connectivity index (χ4n) is 1.02. The van der Waals surface area contributed by atoms with Crippen LogP contribution < -0.4 is 4.90 Å². The molecule has 2 N–H and O–H groups in total. The Morgan fingerprint density at radius 1 is 1.47 bits per heavy atom. The van der Waals surface area contributed by atoms with Gasteiger partial charge in [-0.2, -0.15) is 0 Å². The molecule has 0 aromatic carbocycles. The van der Waals surface area contributed by atoms with Crippen molar-refractivity contribution in [2.24, 2.45) is 0 Å². The van der Waals surface area contributed by atoms with Crippen LogP contribution in [0.4, 0.5) is 0 Å². The topological polar surface area (TPSA) is 108 Å². The van der Waals surface area contributed by atoms with E-state index >= 15 is 0 Å². The Kier molecular flexibility index (Phi) is 8.55. The van der Waals surface area contributed by atoms with Crippen molar-refractivity contribution in [3.8, 4) is 0 Å². The van der Waals surface area contributed by atoms with Gasteiger partial charge in [-0.1, -0.05) is 0 Å². The van der Waals surface area contributed by atoms with E-state index in [2.05, 4.69) is 4.18 Å². The summed E-state index contributed by atoms with van der Waals surface area (Å²) in [5.74, 6) is 0.0922. The predicted octanol–water partition coefficient (Wildman–Crippen LogP) is -1.70. The molecule has 0 radical (unpaired) electrons. The van der Waals surface area contributed by atoms with Crippen LogP contribution >= 0.6 is 0 Å². The number of carbonyl (C=O) groups is 1. The summed E-state index contributed by atoms with van der Waals surface area (Å²) in [4.78, 5) is 11.7. The Balaban J connectivity index is 0. The summed E-state index contributed by atoms with van der Waals surface area (Å²) in [6.07, 6.45) is 0. The van der Waals surface area contributed by atoms with Crippen LogP contribution in [0.2, 0.25) is 0 Å². The molecule has 1 atom stereocenters. The van der Waals surface area contributed by atoms with Crippen molar-refractivity contribution >= 4 is 16.3 Å². The number of hydrogen-bond acceptors (Lipinski definition) is 6. The van der Waals surface area contributed by atoms with Gasteiger partial charge in [-0.15, -0.1) is 0 Å². The molecule has 0 fully saturated rings. The lowest BCUT2D eigenvalue weighted by Gasteiger charge is -2.21. The van der Waals surface area contributed by atoms with Crippen LogP contribution in [0.5, 0.6) is 0 Å². The smallest absolute Gasteiger partial charge is 0.309 e. The Bertz CT molecular complexity index is 319. The van der Waals surface area contributed by atoms with Crippen molar-refractivity contribution in [3.05, 3.63) is 0 Å². The summed E-state index contributed by atoms with van der Waals surface area (Å²) in [5.41, 5.74) is -0.753. The summed E-state index contributed by atoms with van der Waals surface area (Å²) in [6.45, 7) is 8.13. The molecule has 8 heteroatoms. The van der Waals surface area contributed by atoms with E-state index in [-0.39, 0.29) is 5.91 Å². The molecule has 0 aliphatic heterocycles. The first-order valence-electron chi connectivity index (χ1n) is 5.02. The van der Waals surface area contributed by atoms with E-state index in [1.165, 1.54) is 0 Å². The third kappa shape index (κ3) is 15.5. The number of amides is 1. The number of rotatable bonds is 4. The van der Waals surface area contributed by atoms with Gasteiger partial charge < -0.3 is 9.66 Å². The molecule has 0 aliphatic rings. The minimum Gasteiger partial charge on any atom is -0.726 e. The van der Waals surface area contributed by atoms with E-state index in [4.69, 9.17) is 0 Å². The van der Waals surface area contributed by atoms with E-state index in [9.17, 15) is 22.9 Å². The Morgan fingerprint density at radius 3 is 1.88 bits per heavy atom. The van der Waals surface area contributed by atoms with Gasteiger partial charge in [0, 0.05) is 0 Å². The molecule has 0 saturated heterocycles. The first-order valence-corrected chi connectivity index (χ1v) is 6.35. The lowest BCUT2D eigenvalue weighted by molar-refractivity contribution is -0.825. The van der Waals surface area contributed by atoms with Crippen LogP contribution in [0.3, 0.4) is 0 Å². The summed E-state index contributed by atoms with van der Waals surface area (Å²) in [5, 5.41) is 9.40. The quantitative estimate of drug-likeness (QED) is 0.466. The second kappa shape index (κ2) is 7.72. The van der Waals surface area contributed by atoms with Gasteiger partial charge >= 0.3 is 5.91 Å². The molecule has 104 valence electrons. The third-order valence-corrected chi connectivity index (χ3v) is 2.18. The summed E-state index contributed by atoms with van der Waals surface area (Å²) in [7, 11) is -3.60. The van der Waals surface area contributed by atoms with Crippen LogP contribution in [-0.4, -0.2) is 49.8 Å². The van der Waals surface area contributed by atoms with Crippen molar-refractivity contribution in [2.75, 3.05) is 20.2 Å². The van der Waals surface area contributed by atoms with Crippen molar-refractivity contribution in [2.45, 2.75) is 33.3 Å². The Labute approximate surface area is 102 Å². The second-order valence-corrected chi connectivity index (χ2v) is 5.23. The lowest BCUT2D eigenvalue weighted by atomic mass is 10.1. The summed E-state index contributed by atoms with van der Waals surface area (Å²) in [6, 6.07) is 0. The minimum atomic E-state index is -4.41. The van der Waals surface area contributed by atoms with Crippen molar-refractivity contribution in [3.63, 3.8) is 0 Å². The highest BCUT2D eigenvalue weighted by Crippen LogP contribution is 1.94. The average Bonchev–Trinajstić information content (AvgIpc) is 2.12. The summed E-state index contributed by atoms with van der Waals surface area (Å²) >= 11 is 0. The standard InChI is InChI=1S/C8H17NO2.CH4O4S/c1-5-9(7(2)10)6-8(3,4)11;1-5-6(2,3)4/h11H,5-6H2,1-4H3;1H3,(H,2,3,4). The highest BCUT2D eigenvalue weighted by molar-refractivity contribution is 7.80. The van der Waals surface area contributed by atoms with Crippen LogP contribution in [-0.2, 0) is 19.4 Å².